The summed E-state index contributed by atoms with van der Waals surface area (Å²) < 4.78 is 26.9. The summed E-state index contributed by atoms with van der Waals surface area (Å²) in [6.07, 6.45) is 5.80. The van der Waals surface area contributed by atoms with Gasteiger partial charge in [-0.15, -0.1) is 0 Å². The summed E-state index contributed by atoms with van der Waals surface area (Å²) in [5, 5.41) is 20.7. The van der Waals surface area contributed by atoms with Crippen LogP contribution in [0.25, 0.3) is 0 Å². The Morgan fingerprint density at radius 1 is 0.793 bits per heavy atom. The van der Waals surface area contributed by atoms with E-state index < -0.39 is 5.60 Å². The summed E-state index contributed by atoms with van der Waals surface area (Å²) in [4.78, 5) is 2.42. The maximum atomic E-state index is 13.5. The topological polar surface area (TPSA) is 43.7 Å². The zero-order valence-corrected chi connectivity index (χ0v) is 16.9. The molecule has 0 unspecified atom stereocenters. The van der Waals surface area contributed by atoms with Crippen molar-refractivity contribution in [3.8, 4) is 0 Å². The number of nitrogens with zero attached hydrogens (tertiary/aromatic N) is 1. The maximum Gasteiger partial charge on any atom is 0.123 e. The molecule has 0 amide bonds. The van der Waals surface area contributed by atoms with Crippen LogP contribution in [-0.4, -0.2) is 41.4 Å². The van der Waals surface area contributed by atoms with Gasteiger partial charge >= 0.3 is 0 Å². The average Bonchev–Trinajstić information content (AvgIpc) is 2.74. The lowest BCUT2D eigenvalue weighted by Gasteiger charge is -2.42. The van der Waals surface area contributed by atoms with Crippen LogP contribution in [0.4, 0.5) is 8.78 Å². The maximum absolute atomic E-state index is 13.5. The highest BCUT2D eigenvalue weighted by Crippen LogP contribution is 2.42. The van der Waals surface area contributed by atoms with Gasteiger partial charge in [-0.25, -0.2) is 8.78 Å². The molecule has 1 aliphatic rings. The zero-order chi connectivity index (χ0) is 20.7. The van der Waals surface area contributed by atoms with Crippen molar-refractivity contribution in [2.45, 2.75) is 44.1 Å². The molecule has 158 valence electrons. The highest BCUT2D eigenvalue weighted by atomic mass is 19.1. The Labute approximate surface area is 172 Å². The molecular formula is C24H31F2NO2. The lowest BCUT2D eigenvalue weighted by Crippen LogP contribution is -2.44. The quantitative estimate of drug-likeness (QED) is 0.608. The minimum absolute atomic E-state index is 0.0240. The molecule has 0 radical (unpaired) electrons. The fraction of sp³-hybridized carbons (Fsp3) is 0.500. The first-order chi connectivity index (χ1) is 14.0. The van der Waals surface area contributed by atoms with Crippen LogP contribution >= 0.6 is 0 Å². The molecule has 0 aliphatic carbocycles. The Hall–Kier alpha value is -1.82. The minimum atomic E-state index is -1.27. The lowest BCUT2D eigenvalue weighted by molar-refractivity contribution is -0.0144. The molecule has 29 heavy (non-hydrogen) atoms. The molecule has 2 aromatic carbocycles. The van der Waals surface area contributed by atoms with E-state index in [4.69, 9.17) is 5.11 Å². The predicted octanol–water partition coefficient (Wildman–Crippen LogP) is 4.47. The van der Waals surface area contributed by atoms with Gasteiger partial charge in [0.1, 0.15) is 17.2 Å². The summed E-state index contributed by atoms with van der Waals surface area (Å²) in [7, 11) is 0. The third-order valence-electron chi connectivity index (χ3n) is 6.13. The minimum Gasteiger partial charge on any atom is -0.396 e. The van der Waals surface area contributed by atoms with Gasteiger partial charge in [0.05, 0.1) is 0 Å². The second kappa shape index (κ2) is 10.3. The van der Waals surface area contributed by atoms with E-state index in [2.05, 4.69) is 4.90 Å². The van der Waals surface area contributed by atoms with Gasteiger partial charge in [0.15, 0.2) is 0 Å². The number of hydrogen-bond donors (Lipinski definition) is 2. The van der Waals surface area contributed by atoms with Crippen molar-refractivity contribution in [3.63, 3.8) is 0 Å². The fourth-order valence-electron chi connectivity index (χ4n) is 4.42. The summed E-state index contributed by atoms with van der Waals surface area (Å²) in [5.74, 6) is -0.707. The van der Waals surface area contributed by atoms with E-state index in [9.17, 15) is 13.9 Å². The number of piperidine rings is 1. The number of rotatable bonds is 9. The van der Waals surface area contributed by atoms with Gasteiger partial charge in [0, 0.05) is 6.61 Å². The number of aliphatic hydroxyl groups is 2. The molecule has 5 heteroatoms. The first-order valence-electron chi connectivity index (χ1n) is 10.6. The molecule has 0 bridgehead atoms. The largest absolute Gasteiger partial charge is 0.396 e. The van der Waals surface area contributed by atoms with Crippen molar-refractivity contribution in [2.75, 3.05) is 26.2 Å². The fourth-order valence-corrected chi connectivity index (χ4v) is 4.42. The van der Waals surface area contributed by atoms with Crippen LogP contribution in [0.5, 0.6) is 0 Å². The van der Waals surface area contributed by atoms with E-state index >= 15 is 0 Å². The third-order valence-corrected chi connectivity index (χ3v) is 6.13. The Bertz CT molecular complexity index is 695. The lowest BCUT2D eigenvalue weighted by atomic mass is 9.72. The van der Waals surface area contributed by atoms with E-state index in [0.29, 0.717) is 11.1 Å². The summed E-state index contributed by atoms with van der Waals surface area (Å²) >= 11 is 0. The molecule has 1 fully saturated rings. The number of aliphatic hydroxyl groups excluding tert-OH is 1. The molecule has 2 aromatic rings. The summed E-state index contributed by atoms with van der Waals surface area (Å²) in [6.45, 7) is 3.09. The van der Waals surface area contributed by atoms with Crippen molar-refractivity contribution < 1.29 is 19.0 Å². The molecule has 0 atom stereocenters. The molecule has 1 heterocycles. The third kappa shape index (κ3) is 5.41. The van der Waals surface area contributed by atoms with Crippen molar-refractivity contribution in [2.24, 2.45) is 5.92 Å². The summed E-state index contributed by atoms with van der Waals surface area (Å²) in [6, 6.07) is 12.0. The van der Waals surface area contributed by atoms with Crippen LogP contribution in [0.1, 0.15) is 49.7 Å². The number of benzene rings is 2. The van der Waals surface area contributed by atoms with Gasteiger partial charge in [-0.2, -0.15) is 0 Å². The van der Waals surface area contributed by atoms with Crippen LogP contribution in [-0.2, 0) is 5.60 Å². The molecular weight excluding hydrogens is 372 g/mol. The SMILES string of the molecule is OCCCCCCN1CCC(C(O)(c2ccc(F)cc2)c2ccc(F)cc2)CC1. The van der Waals surface area contributed by atoms with Crippen molar-refractivity contribution in [1.82, 2.24) is 4.90 Å². The van der Waals surface area contributed by atoms with Crippen LogP contribution in [0.2, 0.25) is 0 Å². The smallest absolute Gasteiger partial charge is 0.123 e. The van der Waals surface area contributed by atoms with Gasteiger partial charge in [-0.1, -0.05) is 37.1 Å². The number of hydrogen-bond acceptors (Lipinski definition) is 3. The Morgan fingerprint density at radius 3 is 1.76 bits per heavy atom. The molecule has 3 nitrogen and oxygen atoms in total. The van der Waals surface area contributed by atoms with E-state index in [1.165, 1.54) is 24.3 Å². The number of likely N-dealkylation sites (tertiary alicyclic amines) is 1. The predicted molar refractivity (Wildman–Crippen MR) is 111 cm³/mol. The second-order valence-corrected chi connectivity index (χ2v) is 8.03. The van der Waals surface area contributed by atoms with Gasteiger partial charge in [-0.3, -0.25) is 0 Å². The van der Waals surface area contributed by atoms with Gasteiger partial charge < -0.3 is 15.1 Å². The van der Waals surface area contributed by atoms with Gasteiger partial charge in [0.25, 0.3) is 0 Å². The highest BCUT2D eigenvalue weighted by Gasteiger charge is 2.41. The monoisotopic (exact) mass is 403 g/mol. The van der Waals surface area contributed by atoms with E-state index in [1.54, 1.807) is 24.3 Å². The van der Waals surface area contributed by atoms with E-state index in [0.717, 1.165) is 58.2 Å². The molecule has 1 aliphatic heterocycles. The van der Waals surface area contributed by atoms with Crippen molar-refractivity contribution >= 4 is 0 Å². The van der Waals surface area contributed by atoms with Crippen molar-refractivity contribution in [1.29, 1.82) is 0 Å². The van der Waals surface area contributed by atoms with E-state index in [1.807, 2.05) is 0 Å². The Morgan fingerprint density at radius 2 is 1.28 bits per heavy atom. The standard InChI is InChI=1S/C24H31F2NO2/c25-22-9-5-19(6-10-22)24(29,20-7-11-23(26)12-8-20)21-13-16-27(17-14-21)15-3-1-2-4-18-28/h5-12,21,28-29H,1-4,13-18H2. The van der Waals surface area contributed by atoms with Crippen LogP contribution < -0.4 is 0 Å². The van der Waals surface area contributed by atoms with Crippen molar-refractivity contribution in [3.05, 3.63) is 71.3 Å². The van der Waals surface area contributed by atoms with Gasteiger partial charge in [-0.05, 0) is 86.6 Å². The highest BCUT2D eigenvalue weighted by molar-refractivity contribution is 5.37. The number of halogens is 2. The molecule has 0 aromatic heterocycles. The normalized spacial score (nSPS) is 16.3. The number of unbranched alkanes of at least 4 members (excludes halogenated alkanes) is 3. The first kappa shape index (κ1) is 21.9. The van der Waals surface area contributed by atoms with Crippen LogP contribution in [0, 0.1) is 17.6 Å². The zero-order valence-electron chi connectivity index (χ0n) is 16.9. The average molecular weight is 404 g/mol. The molecule has 1 saturated heterocycles. The van der Waals surface area contributed by atoms with Gasteiger partial charge in [0.2, 0.25) is 0 Å². The summed E-state index contributed by atoms with van der Waals surface area (Å²) in [5.41, 5.74) is 0.0233. The molecule has 2 N–H and O–H groups in total. The van der Waals surface area contributed by atoms with Crippen LogP contribution in [0.3, 0.4) is 0 Å². The molecule has 0 spiro atoms. The Kier molecular flexibility index (Phi) is 7.76. The molecule has 0 saturated carbocycles. The molecule has 3 rings (SSSR count). The first-order valence-corrected chi connectivity index (χ1v) is 10.6. The van der Waals surface area contributed by atoms with Crippen LogP contribution in [0.15, 0.2) is 48.5 Å². The Balaban J connectivity index is 1.71. The second-order valence-electron chi connectivity index (χ2n) is 8.03. The van der Waals surface area contributed by atoms with E-state index in [-0.39, 0.29) is 24.2 Å².